The second kappa shape index (κ2) is 7.98. The van der Waals surface area contributed by atoms with E-state index >= 15 is 0 Å². The van der Waals surface area contributed by atoms with Gasteiger partial charge in [-0.1, -0.05) is 40.9 Å². The second-order valence-electron chi connectivity index (χ2n) is 4.84. The highest BCUT2D eigenvalue weighted by Gasteiger charge is 2.30. The number of rotatable bonds is 6. The van der Waals surface area contributed by atoms with Gasteiger partial charge in [0.1, 0.15) is 6.54 Å². The second-order valence-corrected chi connectivity index (χ2v) is 8.34. The van der Waals surface area contributed by atoms with Crippen molar-refractivity contribution in [2.24, 2.45) is 0 Å². The highest BCUT2D eigenvalue weighted by molar-refractivity contribution is 7.92. The molecule has 0 atom stereocenters. The number of non-ortho nitro benzene ring substituents is 1. The van der Waals surface area contributed by atoms with E-state index in [1.54, 1.807) is 0 Å². The van der Waals surface area contributed by atoms with Crippen LogP contribution in [-0.4, -0.2) is 25.1 Å². The summed E-state index contributed by atoms with van der Waals surface area (Å²) in [5, 5.41) is 9.87. The van der Waals surface area contributed by atoms with Gasteiger partial charge in [-0.05, 0) is 29.8 Å². The molecule has 138 valence electrons. The first kappa shape index (κ1) is 20.7. The summed E-state index contributed by atoms with van der Waals surface area (Å²) in [4.78, 5) is 21.1. The predicted octanol–water partition coefficient (Wildman–Crippen LogP) is 4.52. The smallest absolute Gasteiger partial charge is 0.270 e. The Labute approximate surface area is 168 Å². The molecule has 7 nitrogen and oxygen atoms in total. The Hall–Kier alpha value is -1.58. The fraction of sp³-hybridized carbons (Fsp3) is 0.0714. The molecule has 0 aliphatic rings. The van der Waals surface area contributed by atoms with Crippen LogP contribution in [0.1, 0.15) is 0 Å². The maximum absolute atomic E-state index is 12.9. The maximum Gasteiger partial charge on any atom is 0.270 e. The molecule has 0 fully saturated rings. The predicted molar refractivity (Wildman–Crippen MR) is 100.0 cm³/mol. The summed E-state index contributed by atoms with van der Waals surface area (Å²) in [6.45, 7) is -0.774. The highest BCUT2D eigenvalue weighted by Crippen LogP contribution is 2.37. The molecule has 0 aliphatic heterocycles. The molecule has 0 amide bonds. The van der Waals surface area contributed by atoms with Gasteiger partial charge in [-0.3, -0.25) is 19.2 Å². The summed E-state index contributed by atoms with van der Waals surface area (Å²) in [7, 11) is -4.42. The molecular formula is C14H8Cl4N2O5S. The number of carbonyl (C=O) groups excluding carboxylic acids is 1. The number of sulfonamides is 1. The molecule has 26 heavy (non-hydrogen) atoms. The third kappa shape index (κ3) is 4.39. The van der Waals surface area contributed by atoms with Crippen molar-refractivity contribution in [1.29, 1.82) is 0 Å². The Bertz CT molecular complexity index is 997. The van der Waals surface area contributed by atoms with Crippen LogP contribution in [0.4, 0.5) is 11.4 Å². The molecular weight excluding hydrogens is 450 g/mol. The molecule has 0 radical (unpaired) electrons. The van der Waals surface area contributed by atoms with Crippen LogP contribution in [0.3, 0.4) is 0 Å². The summed E-state index contributed by atoms with van der Waals surface area (Å²) in [5.41, 5.74) is -0.593. The number of nitrogens with zero attached hydrogens (tertiary/aromatic N) is 2. The average Bonchev–Trinajstić information content (AvgIpc) is 2.56. The normalized spacial score (nSPS) is 11.2. The van der Waals surface area contributed by atoms with Gasteiger partial charge in [0.05, 0.1) is 30.6 Å². The molecule has 0 unspecified atom stereocenters. The van der Waals surface area contributed by atoms with Crippen LogP contribution in [0.15, 0.2) is 41.3 Å². The van der Waals surface area contributed by atoms with Gasteiger partial charge in [-0.25, -0.2) is 8.42 Å². The molecule has 0 aliphatic carbocycles. The maximum atomic E-state index is 12.9. The van der Waals surface area contributed by atoms with Crippen molar-refractivity contribution in [1.82, 2.24) is 0 Å². The van der Waals surface area contributed by atoms with E-state index in [9.17, 15) is 23.3 Å². The first-order valence-electron chi connectivity index (χ1n) is 6.64. The van der Waals surface area contributed by atoms with Gasteiger partial charge >= 0.3 is 0 Å². The Morgan fingerprint density at radius 3 is 2.27 bits per heavy atom. The van der Waals surface area contributed by atoms with Crippen molar-refractivity contribution in [3.63, 3.8) is 0 Å². The Kier molecular flexibility index (Phi) is 6.36. The number of hydrogen-bond donors (Lipinski definition) is 0. The molecule has 0 bridgehead atoms. The lowest BCUT2D eigenvalue weighted by Gasteiger charge is -2.24. The van der Waals surface area contributed by atoms with Crippen LogP contribution in [0.25, 0.3) is 0 Å². The van der Waals surface area contributed by atoms with Gasteiger partial charge < -0.3 is 0 Å². The van der Waals surface area contributed by atoms with Gasteiger partial charge in [0.25, 0.3) is 15.7 Å². The molecule has 0 saturated carbocycles. The molecule has 0 saturated heterocycles. The Balaban J connectivity index is 2.67. The first-order chi connectivity index (χ1) is 12.0. The lowest BCUT2D eigenvalue weighted by atomic mass is 10.3. The lowest BCUT2D eigenvalue weighted by molar-refractivity contribution is -0.385. The van der Waals surface area contributed by atoms with Crippen LogP contribution in [0.2, 0.25) is 15.1 Å². The highest BCUT2D eigenvalue weighted by atomic mass is 35.5. The van der Waals surface area contributed by atoms with Crippen LogP contribution in [0, 0.1) is 10.1 Å². The lowest BCUT2D eigenvalue weighted by Crippen LogP contribution is -2.34. The molecule has 2 rings (SSSR count). The number of halogens is 4. The largest absolute Gasteiger partial charge is 0.279 e. The van der Waals surface area contributed by atoms with Crippen molar-refractivity contribution < 1.29 is 18.1 Å². The van der Waals surface area contributed by atoms with Gasteiger partial charge in [0.15, 0.2) is 0 Å². The molecule has 0 N–H and O–H groups in total. The van der Waals surface area contributed by atoms with Gasteiger partial charge in [0.2, 0.25) is 5.24 Å². The molecule has 0 aromatic heterocycles. The first-order valence-corrected chi connectivity index (χ1v) is 9.59. The van der Waals surface area contributed by atoms with E-state index in [0.29, 0.717) is 4.31 Å². The van der Waals surface area contributed by atoms with Crippen molar-refractivity contribution in [2.45, 2.75) is 4.90 Å². The van der Waals surface area contributed by atoms with E-state index in [1.165, 1.54) is 12.1 Å². The SMILES string of the molecule is O=C(Cl)CN(c1cc(Cl)c(Cl)cc1Cl)S(=O)(=O)c1cccc([N+](=O)[O-])c1. The fourth-order valence-electron chi connectivity index (χ4n) is 2.00. The van der Waals surface area contributed by atoms with E-state index in [-0.39, 0.29) is 20.8 Å². The number of carbonyl (C=O) groups is 1. The van der Waals surface area contributed by atoms with E-state index < -0.39 is 37.3 Å². The van der Waals surface area contributed by atoms with E-state index in [2.05, 4.69) is 0 Å². The zero-order valence-electron chi connectivity index (χ0n) is 12.5. The van der Waals surface area contributed by atoms with Crippen molar-refractivity contribution >= 4 is 73.0 Å². The third-order valence-corrected chi connectivity index (χ3v) is 6.04. The molecule has 0 spiro atoms. The number of hydrogen-bond acceptors (Lipinski definition) is 5. The monoisotopic (exact) mass is 456 g/mol. The quantitative estimate of drug-likeness (QED) is 0.275. The average molecular weight is 458 g/mol. The Morgan fingerprint density at radius 2 is 1.69 bits per heavy atom. The zero-order chi connectivity index (χ0) is 19.6. The molecule has 2 aromatic carbocycles. The van der Waals surface area contributed by atoms with Gasteiger partial charge in [0, 0.05) is 12.1 Å². The summed E-state index contributed by atoms with van der Waals surface area (Å²) < 4.78 is 26.5. The summed E-state index contributed by atoms with van der Waals surface area (Å²) in [6, 6.07) is 6.67. The summed E-state index contributed by atoms with van der Waals surface area (Å²) in [5.74, 6) is 0. The van der Waals surface area contributed by atoms with Crippen LogP contribution in [-0.2, 0) is 14.8 Å². The minimum atomic E-state index is -4.42. The van der Waals surface area contributed by atoms with Crippen molar-refractivity contribution in [2.75, 3.05) is 10.8 Å². The molecule has 2 aromatic rings. The zero-order valence-corrected chi connectivity index (χ0v) is 16.4. The summed E-state index contributed by atoms with van der Waals surface area (Å²) >= 11 is 23.1. The van der Waals surface area contributed by atoms with Crippen LogP contribution >= 0.6 is 46.4 Å². The minimum Gasteiger partial charge on any atom is -0.279 e. The van der Waals surface area contributed by atoms with Crippen LogP contribution < -0.4 is 4.31 Å². The topological polar surface area (TPSA) is 97.6 Å². The van der Waals surface area contributed by atoms with E-state index in [0.717, 1.165) is 24.3 Å². The fourth-order valence-corrected chi connectivity index (χ4v) is 4.36. The van der Waals surface area contributed by atoms with Crippen molar-refractivity contribution in [3.05, 3.63) is 61.6 Å². The minimum absolute atomic E-state index is 0.00710. The van der Waals surface area contributed by atoms with Gasteiger partial charge in [-0.2, -0.15) is 0 Å². The standard InChI is InChI=1S/C14H8Cl4N2O5S/c15-10-5-12(17)13(6-11(10)16)19(7-14(18)21)26(24,25)9-3-1-2-8(4-9)20(22)23/h1-6H,7H2. The number of nitro groups is 1. The van der Waals surface area contributed by atoms with Crippen molar-refractivity contribution in [3.8, 4) is 0 Å². The third-order valence-electron chi connectivity index (χ3n) is 3.14. The van der Waals surface area contributed by atoms with Crippen LogP contribution in [0.5, 0.6) is 0 Å². The molecule has 12 heteroatoms. The Morgan fingerprint density at radius 1 is 1.08 bits per heavy atom. The van der Waals surface area contributed by atoms with Gasteiger partial charge in [-0.15, -0.1) is 0 Å². The van der Waals surface area contributed by atoms with E-state index in [1.807, 2.05) is 0 Å². The number of nitro benzene ring substituents is 1. The number of anilines is 1. The van der Waals surface area contributed by atoms with E-state index in [4.69, 9.17) is 46.4 Å². The summed E-state index contributed by atoms with van der Waals surface area (Å²) in [6.07, 6.45) is 0. The molecule has 0 heterocycles. The number of benzene rings is 2.